The Morgan fingerprint density at radius 1 is 1.00 bits per heavy atom. The molecule has 6 nitrogen and oxygen atoms in total. The highest BCUT2D eigenvalue weighted by atomic mass is 16.6. The van der Waals surface area contributed by atoms with Crippen molar-refractivity contribution < 1.29 is 9.63 Å². The number of nitrogens with zero attached hydrogens (tertiary/aromatic N) is 1. The molecule has 0 unspecified atom stereocenters. The summed E-state index contributed by atoms with van der Waals surface area (Å²) in [6.45, 7) is 0. The van der Waals surface area contributed by atoms with Crippen molar-refractivity contribution in [2.45, 2.75) is 0 Å². The average molecular weight is 321 g/mol. The number of nitrogens with one attached hydrogen (secondary N) is 2. The maximum Gasteiger partial charge on any atom is 0.281 e. The van der Waals surface area contributed by atoms with Crippen molar-refractivity contribution in [1.29, 1.82) is 0 Å². The van der Waals surface area contributed by atoms with E-state index in [1.54, 1.807) is 0 Å². The molecule has 3 aromatic rings. The predicted octanol–water partition coefficient (Wildman–Crippen LogP) is 2.40. The lowest BCUT2D eigenvalue weighted by atomic mass is 9.95. The van der Waals surface area contributed by atoms with Crippen LogP contribution < -0.4 is 11.0 Å². The highest BCUT2D eigenvalue weighted by Crippen LogP contribution is 2.31. The molecule has 0 atom stereocenters. The molecule has 0 aliphatic carbocycles. The minimum Gasteiger partial charge on any atom is -0.277 e. The SMILES string of the molecule is CONC(=O)c1c(-c2ccccc2)c(-c2ccccc2)n[nH]c1=O. The summed E-state index contributed by atoms with van der Waals surface area (Å²) in [5.41, 5.74) is 4.06. The first-order chi connectivity index (χ1) is 11.7. The minimum atomic E-state index is -0.628. The van der Waals surface area contributed by atoms with E-state index >= 15 is 0 Å². The first-order valence-corrected chi connectivity index (χ1v) is 7.29. The average Bonchev–Trinajstić information content (AvgIpc) is 2.63. The van der Waals surface area contributed by atoms with Crippen molar-refractivity contribution in [3.63, 3.8) is 0 Å². The van der Waals surface area contributed by atoms with Crippen LogP contribution in [0.2, 0.25) is 0 Å². The second-order valence-electron chi connectivity index (χ2n) is 5.02. The molecule has 2 aromatic carbocycles. The summed E-state index contributed by atoms with van der Waals surface area (Å²) >= 11 is 0. The zero-order chi connectivity index (χ0) is 16.9. The Hall–Kier alpha value is -3.25. The normalized spacial score (nSPS) is 10.4. The molecule has 1 amide bonds. The molecule has 3 rings (SSSR count). The third kappa shape index (κ3) is 2.95. The van der Waals surface area contributed by atoms with E-state index in [0.717, 1.165) is 11.1 Å². The summed E-state index contributed by atoms with van der Waals surface area (Å²) in [4.78, 5) is 29.3. The number of carbonyl (C=O) groups excluding carboxylic acids is 1. The van der Waals surface area contributed by atoms with Crippen LogP contribution in [0.4, 0.5) is 0 Å². The van der Waals surface area contributed by atoms with Crippen molar-refractivity contribution in [3.8, 4) is 22.4 Å². The smallest absolute Gasteiger partial charge is 0.277 e. The Kier molecular flexibility index (Phi) is 4.49. The maximum atomic E-state index is 12.4. The van der Waals surface area contributed by atoms with Gasteiger partial charge in [0.15, 0.2) is 0 Å². The summed E-state index contributed by atoms with van der Waals surface area (Å²) in [5.74, 6) is -0.628. The molecule has 0 fully saturated rings. The summed E-state index contributed by atoms with van der Waals surface area (Å²) in [7, 11) is 1.31. The molecule has 0 aliphatic rings. The van der Waals surface area contributed by atoms with Gasteiger partial charge in [-0.15, -0.1) is 0 Å². The van der Waals surface area contributed by atoms with Crippen LogP contribution in [0.3, 0.4) is 0 Å². The van der Waals surface area contributed by atoms with E-state index in [9.17, 15) is 9.59 Å². The van der Waals surface area contributed by atoms with Crippen LogP contribution in [0.5, 0.6) is 0 Å². The standard InChI is InChI=1S/C18H15N3O3/c1-24-21-18(23)15-14(12-8-4-2-5-9-12)16(19-20-17(15)22)13-10-6-3-7-11-13/h2-11H,1H3,(H,20,22)(H,21,23). The van der Waals surface area contributed by atoms with Gasteiger partial charge < -0.3 is 0 Å². The fourth-order valence-electron chi connectivity index (χ4n) is 2.50. The number of hydroxylamine groups is 1. The fraction of sp³-hybridized carbons (Fsp3) is 0.0556. The topological polar surface area (TPSA) is 84.1 Å². The Morgan fingerprint density at radius 2 is 1.58 bits per heavy atom. The van der Waals surface area contributed by atoms with Crippen LogP contribution in [0, 0.1) is 0 Å². The van der Waals surface area contributed by atoms with Gasteiger partial charge in [0.1, 0.15) is 5.56 Å². The van der Waals surface area contributed by atoms with Crippen molar-refractivity contribution in [1.82, 2.24) is 15.7 Å². The molecule has 1 heterocycles. The number of hydrogen-bond acceptors (Lipinski definition) is 4. The minimum absolute atomic E-state index is 0.0445. The van der Waals surface area contributed by atoms with E-state index in [0.29, 0.717) is 11.3 Å². The molecule has 6 heteroatoms. The lowest BCUT2D eigenvalue weighted by Crippen LogP contribution is -2.30. The van der Waals surface area contributed by atoms with Crippen LogP contribution in [0.15, 0.2) is 65.5 Å². The van der Waals surface area contributed by atoms with E-state index in [4.69, 9.17) is 0 Å². The van der Waals surface area contributed by atoms with Gasteiger partial charge in [0.2, 0.25) is 0 Å². The molecule has 24 heavy (non-hydrogen) atoms. The van der Waals surface area contributed by atoms with Gasteiger partial charge in [-0.2, -0.15) is 5.10 Å². The molecular weight excluding hydrogens is 306 g/mol. The van der Waals surface area contributed by atoms with Crippen molar-refractivity contribution in [3.05, 3.63) is 76.6 Å². The number of aromatic amines is 1. The van der Waals surface area contributed by atoms with Gasteiger partial charge >= 0.3 is 0 Å². The summed E-state index contributed by atoms with van der Waals surface area (Å²) in [6, 6.07) is 18.5. The maximum absolute atomic E-state index is 12.4. The van der Waals surface area contributed by atoms with E-state index in [2.05, 4.69) is 20.5 Å². The Bertz CT molecular complexity index is 906. The number of benzene rings is 2. The molecule has 0 saturated heterocycles. The van der Waals surface area contributed by atoms with Crippen LogP contribution in [0.25, 0.3) is 22.4 Å². The van der Waals surface area contributed by atoms with Crippen molar-refractivity contribution in [2.75, 3.05) is 7.11 Å². The largest absolute Gasteiger partial charge is 0.281 e. The van der Waals surface area contributed by atoms with Crippen LogP contribution in [-0.2, 0) is 4.84 Å². The lowest BCUT2D eigenvalue weighted by Gasteiger charge is -2.13. The van der Waals surface area contributed by atoms with Gasteiger partial charge in [0, 0.05) is 11.1 Å². The van der Waals surface area contributed by atoms with E-state index in [-0.39, 0.29) is 5.56 Å². The summed E-state index contributed by atoms with van der Waals surface area (Å²) < 4.78 is 0. The number of H-pyrrole nitrogens is 1. The molecule has 0 saturated carbocycles. The second kappa shape index (κ2) is 6.89. The summed E-state index contributed by atoms with van der Waals surface area (Å²) in [5, 5.41) is 6.56. The zero-order valence-corrected chi connectivity index (χ0v) is 12.9. The second-order valence-corrected chi connectivity index (χ2v) is 5.02. The number of aromatic nitrogens is 2. The number of carbonyl (C=O) groups is 1. The lowest BCUT2D eigenvalue weighted by molar-refractivity contribution is 0.0536. The van der Waals surface area contributed by atoms with E-state index in [1.165, 1.54) is 7.11 Å². The number of amides is 1. The first-order valence-electron chi connectivity index (χ1n) is 7.29. The quantitative estimate of drug-likeness (QED) is 0.723. The fourth-order valence-corrected chi connectivity index (χ4v) is 2.50. The van der Waals surface area contributed by atoms with Gasteiger partial charge in [-0.25, -0.2) is 10.6 Å². The van der Waals surface area contributed by atoms with Gasteiger partial charge in [0.25, 0.3) is 11.5 Å². The molecule has 1 aromatic heterocycles. The van der Waals surface area contributed by atoms with Gasteiger partial charge in [-0.3, -0.25) is 14.4 Å². The Labute approximate surface area is 138 Å². The number of rotatable bonds is 4. The Balaban J connectivity index is 2.33. The third-order valence-corrected chi connectivity index (χ3v) is 3.51. The van der Waals surface area contributed by atoms with Gasteiger partial charge in [0.05, 0.1) is 12.8 Å². The monoisotopic (exact) mass is 321 g/mol. The van der Waals surface area contributed by atoms with E-state index in [1.807, 2.05) is 60.7 Å². The molecule has 0 radical (unpaired) electrons. The molecule has 2 N–H and O–H groups in total. The van der Waals surface area contributed by atoms with Crippen molar-refractivity contribution in [2.24, 2.45) is 0 Å². The summed E-state index contributed by atoms with van der Waals surface area (Å²) in [6.07, 6.45) is 0. The van der Waals surface area contributed by atoms with Crippen LogP contribution in [-0.4, -0.2) is 23.2 Å². The number of hydrogen-bond donors (Lipinski definition) is 2. The Morgan fingerprint density at radius 3 is 2.17 bits per heavy atom. The zero-order valence-electron chi connectivity index (χ0n) is 12.9. The molecule has 120 valence electrons. The molecule has 0 bridgehead atoms. The molecule has 0 spiro atoms. The highest BCUT2D eigenvalue weighted by Gasteiger charge is 2.22. The van der Waals surface area contributed by atoms with Crippen molar-refractivity contribution >= 4 is 5.91 Å². The van der Waals surface area contributed by atoms with Crippen LogP contribution >= 0.6 is 0 Å². The van der Waals surface area contributed by atoms with Crippen LogP contribution in [0.1, 0.15) is 10.4 Å². The third-order valence-electron chi connectivity index (χ3n) is 3.51. The predicted molar refractivity (Wildman–Crippen MR) is 90.2 cm³/mol. The van der Waals surface area contributed by atoms with Gasteiger partial charge in [-0.05, 0) is 5.56 Å². The molecule has 0 aliphatic heterocycles. The molecular formula is C18H15N3O3. The first kappa shape index (κ1) is 15.6. The van der Waals surface area contributed by atoms with E-state index < -0.39 is 11.5 Å². The highest BCUT2D eigenvalue weighted by molar-refractivity contribution is 6.03. The van der Waals surface area contributed by atoms with Gasteiger partial charge in [-0.1, -0.05) is 60.7 Å².